The summed E-state index contributed by atoms with van der Waals surface area (Å²) in [5.74, 6) is 0.0684. The number of aromatic amines is 2. The van der Waals surface area contributed by atoms with Crippen LogP contribution < -0.4 is 22.3 Å². The zero-order valence-corrected chi connectivity index (χ0v) is 9.73. The predicted octanol–water partition coefficient (Wildman–Crippen LogP) is 0.213. The molecule has 2 rings (SSSR count). The Morgan fingerprint density at radius 1 is 1.28 bits per heavy atom. The van der Waals surface area contributed by atoms with Crippen molar-refractivity contribution in [3.63, 3.8) is 0 Å². The Kier molecular flexibility index (Phi) is 3.13. The Labute approximate surface area is 102 Å². The first-order chi connectivity index (χ1) is 8.56. The van der Waals surface area contributed by atoms with E-state index in [9.17, 15) is 9.59 Å². The maximum absolute atomic E-state index is 11.4. The molecule has 1 aromatic heterocycles. The molecule has 0 saturated heterocycles. The third-order valence-corrected chi connectivity index (χ3v) is 2.50. The highest BCUT2D eigenvalue weighted by molar-refractivity contribution is 5.42. The Hall–Kier alpha value is -2.57. The molecule has 5 N–H and O–H groups in total. The third kappa shape index (κ3) is 2.57. The van der Waals surface area contributed by atoms with Gasteiger partial charge in [0.2, 0.25) is 5.82 Å². The Balaban J connectivity index is 2.21. The SMILES string of the molecule is CC(Nc1n[nH]c(=O)[nH]c1=O)c1ccc(N)cc1. The van der Waals surface area contributed by atoms with E-state index in [1.165, 1.54) is 0 Å². The summed E-state index contributed by atoms with van der Waals surface area (Å²) in [6, 6.07) is 7.13. The highest BCUT2D eigenvalue weighted by Gasteiger charge is 2.08. The van der Waals surface area contributed by atoms with Gasteiger partial charge in [0.05, 0.1) is 6.04 Å². The summed E-state index contributed by atoms with van der Waals surface area (Å²) in [6.45, 7) is 1.87. The molecule has 7 heteroatoms. The fourth-order valence-electron chi connectivity index (χ4n) is 1.52. The van der Waals surface area contributed by atoms with Gasteiger partial charge in [-0.1, -0.05) is 12.1 Å². The Morgan fingerprint density at radius 3 is 2.56 bits per heavy atom. The molecule has 1 atom stereocenters. The lowest BCUT2D eigenvalue weighted by molar-refractivity contribution is 0.826. The van der Waals surface area contributed by atoms with Gasteiger partial charge >= 0.3 is 5.69 Å². The molecule has 94 valence electrons. The van der Waals surface area contributed by atoms with Gasteiger partial charge in [-0.05, 0) is 24.6 Å². The van der Waals surface area contributed by atoms with Crippen LogP contribution in [0.4, 0.5) is 11.5 Å². The second-order valence-corrected chi connectivity index (χ2v) is 3.89. The Bertz CT molecular complexity index is 643. The second-order valence-electron chi connectivity index (χ2n) is 3.89. The van der Waals surface area contributed by atoms with Crippen molar-refractivity contribution in [3.8, 4) is 0 Å². The van der Waals surface area contributed by atoms with E-state index >= 15 is 0 Å². The van der Waals surface area contributed by atoms with Crippen molar-refractivity contribution >= 4 is 11.5 Å². The number of nitrogens with zero attached hydrogens (tertiary/aromatic N) is 1. The number of H-pyrrole nitrogens is 2. The molecule has 0 amide bonds. The Morgan fingerprint density at radius 2 is 1.94 bits per heavy atom. The summed E-state index contributed by atoms with van der Waals surface area (Å²) >= 11 is 0. The van der Waals surface area contributed by atoms with Gasteiger partial charge in [0.1, 0.15) is 0 Å². The van der Waals surface area contributed by atoms with E-state index in [1.54, 1.807) is 12.1 Å². The van der Waals surface area contributed by atoms with Gasteiger partial charge < -0.3 is 11.1 Å². The van der Waals surface area contributed by atoms with Gasteiger partial charge in [-0.25, -0.2) is 9.89 Å². The summed E-state index contributed by atoms with van der Waals surface area (Å²) in [5.41, 5.74) is 6.03. The lowest BCUT2D eigenvalue weighted by Gasteiger charge is -2.13. The second kappa shape index (κ2) is 4.74. The van der Waals surface area contributed by atoms with Crippen LogP contribution in [0, 0.1) is 0 Å². The number of anilines is 2. The molecule has 1 heterocycles. The molecule has 0 radical (unpaired) electrons. The summed E-state index contributed by atoms with van der Waals surface area (Å²) in [6.07, 6.45) is 0. The zero-order valence-electron chi connectivity index (χ0n) is 9.73. The average Bonchev–Trinajstić information content (AvgIpc) is 2.33. The monoisotopic (exact) mass is 247 g/mol. The lowest BCUT2D eigenvalue weighted by Crippen LogP contribution is -2.27. The van der Waals surface area contributed by atoms with Crippen molar-refractivity contribution in [2.45, 2.75) is 13.0 Å². The van der Waals surface area contributed by atoms with E-state index in [-0.39, 0.29) is 11.9 Å². The molecule has 1 aromatic carbocycles. The van der Waals surface area contributed by atoms with E-state index in [0.29, 0.717) is 5.69 Å². The number of nitrogens with two attached hydrogens (primary N) is 1. The molecule has 2 aromatic rings. The first-order valence-electron chi connectivity index (χ1n) is 5.37. The molecular formula is C11H13N5O2. The molecule has 0 aliphatic rings. The normalized spacial score (nSPS) is 12.1. The predicted molar refractivity (Wildman–Crippen MR) is 68.4 cm³/mol. The number of nitrogens with one attached hydrogen (secondary N) is 3. The molecule has 0 aliphatic carbocycles. The fraction of sp³-hybridized carbons (Fsp3) is 0.182. The minimum Gasteiger partial charge on any atom is -0.399 e. The highest BCUT2D eigenvalue weighted by atomic mass is 16.2. The van der Waals surface area contributed by atoms with Crippen LogP contribution in [0.25, 0.3) is 0 Å². The highest BCUT2D eigenvalue weighted by Crippen LogP contribution is 2.16. The van der Waals surface area contributed by atoms with Crippen LogP contribution in [0.3, 0.4) is 0 Å². The van der Waals surface area contributed by atoms with Gasteiger partial charge in [-0.15, -0.1) is 5.10 Å². The van der Waals surface area contributed by atoms with Crippen molar-refractivity contribution in [1.29, 1.82) is 0 Å². The van der Waals surface area contributed by atoms with Gasteiger partial charge in [0.15, 0.2) is 0 Å². The average molecular weight is 247 g/mol. The van der Waals surface area contributed by atoms with Gasteiger partial charge in [0.25, 0.3) is 5.56 Å². The summed E-state index contributed by atoms with van der Waals surface area (Å²) < 4.78 is 0. The molecule has 18 heavy (non-hydrogen) atoms. The molecule has 1 unspecified atom stereocenters. The van der Waals surface area contributed by atoms with Crippen LogP contribution in [0.2, 0.25) is 0 Å². The van der Waals surface area contributed by atoms with Crippen molar-refractivity contribution in [2.24, 2.45) is 0 Å². The van der Waals surface area contributed by atoms with Crippen LogP contribution in [0.1, 0.15) is 18.5 Å². The molecule has 7 nitrogen and oxygen atoms in total. The zero-order chi connectivity index (χ0) is 13.1. The fourth-order valence-corrected chi connectivity index (χ4v) is 1.52. The molecule has 0 spiro atoms. The number of benzene rings is 1. The molecule has 0 aliphatic heterocycles. The molecule has 0 bridgehead atoms. The largest absolute Gasteiger partial charge is 0.399 e. The standard InChI is InChI=1S/C11H13N5O2/c1-6(7-2-4-8(12)5-3-7)13-9-10(17)14-11(18)16-15-9/h2-6H,12H2,1H3,(H,13,15)(H2,14,16,17,18). The maximum atomic E-state index is 11.4. The van der Waals surface area contributed by atoms with Crippen LogP contribution in [0.15, 0.2) is 33.9 Å². The van der Waals surface area contributed by atoms with Crippen molar-refractivity contribution in [2.75, 3.05) is 11.1 Å². The lowest BCUT2D eigenvalue weighted by atomic mass is 10.1. The van der Waals surface area contributed by atoms with Gasteiger partial charge in [-0.2, -0.15) is 0 Å². The number of rotatable bonds is 3. The van der Waals surface area contributed by atoms with Crippen LogP contribution in [0.5, 0.6) is 0 Å². The first kappa shape index (κ1) is 11.9. The minimum absolute atomic E-state index is 0.0684. The van der Waals surface area contributed by atoms with E-state index < -0.39 is 11.2 Å². The van der Waals surface area contributed by atoms with Crippen molar-refractivity contribution in [1.82, 2.24) is 15.2 Å². The number of hydrogen-bond acceptors (Lipinski definition) is 5. The summed E-state index contributed by atoms with van der Waals surface area (Å²) in [4.78, 5) is 24.4. The quantitative estimate of drug-likeness (QED) is 0.578. The van der Waals surface area contributed by atoms with Gasteiger partial charge in [-0.3, -0.25) is 9.78 Å². The number of aromatic nitrogens is 3. The molecule has 0 fully saturated rings. The molecular weight excluding hydrogens is 234 g/mol. The van der Waals surface area contributed by atoms with E-state index in [2.05, 4.69) is 20.5 Å². The van der Waals surface area contributed by atoms with E-state index in [4.69, 9.17) is 5.73 Å². The van der Waals surface area contributed by atoms with Crippen LogP contribution >= 0.6 is 0 Å². The minimum atomic E-state index is -0.634. The summed E-state index contributed by atoms with van der Waals surface area (Å²) in [7, 11) is 0. The van der Waals surface area contributed by atoms with E-state index in [1.807, 2.05) is 19.1 Å². The topological polar surface area (TPSA) is 117 Å². The maximum Gasteiger partial charge on any atom is 0.342 e. The van der Waals surface area contributed by atoms with Crippen molar-refractivity contribution in [3.05, 3.63) is 50.7 Å². The smallest absolute Gasteiger partial charge is 0.342 e. The number of hydrogen-bond donors (Lipinski definition) is 4. The van der Waals surface area contributed by atoms with E-state index in [0.717, 1.165) is 5.56 Å². The van der Waals surface area contributed by atoms with Crippen LogP contribution in [-0.2, 0) is 0 Å². The first-order valence-corrected chi connectivity index (χ1v) is 5.37. The molecule has 0 saturated carbocycles. The van der Waals surface area contributed by atoms with Gasteiger partial charge in [0, 0.05) is 5.69 Å². The van der Waals surface area contributed by atoms with Crippen LogP contribution in [-0.4, -0.2) is 15.2 Å². The number of nitrogen functional groups attached to an aromatic ring is 1. The summed E-state index contributed by atoms with van der Waals surface area (Å²) in [5, 5.41) is 8.71. The van der Waals surface area contributed by atoms with Crippen molar-refractivity contribution < 1.29 is 0 Å². The third-order valence-electron chi connectivity index (χ3n) is 2.50.